The van der Waals surface area contributed by atoms with Crippen molar-refractivity contribution in [2.45, 2.75) is 51.9 Å². The van der Waals surface area contributed by atoms with Gasteiger partial charge in [0.2, 0.25) is 5.91 Å². The summed E-state index contributed by atoms with van der Waals surface area (Å²) in [6, 6.07) is 12.5. The molecule has 1 unspecified atom stereocenters. The van der Waals surface area contributed by atoms with Crippen molar-refractivity contribution in [1.82, 2.24) is 20.3 Å². The Hall–Kier alpha value is -2.18. The molecule has 1 N–H and O–H groups in total. The Kier molecular flexibility index (Phi) is 6.63. The van der Waals surface area contributed by atoms with E-state index in [1.165, 1.54) is 5.56 Å². The maximum absolute atomic E-state index is 12.6. The summed E-state index contributed by atoms with van der Waals surface area (Å²) in [7, 11) is 1.94. The molecule has 1 aliphatic heterocycles. The number of likely N-dealkylation sites (N-methyl/N-ethyl adjacent to an activating group) is 1. The summed E-state index contributed by atoms with van der Waals surface area (Å²) in [5, 5.41) is 7.23. The first-order chi connectivity index (χ1) is 13.0. The molecule has 0 bridgehead atoms. The number of hydrogen-bond acceptors (Lipinski definition) is 5. The van der Waals surface area contributed by atoms with Crippen molar-refractivity contribution in [1.29, 1.82) is 0 Å². The lowest BCUT2D eigenvalue weighted by molar-refractivity contribution is -0.126. The molecule has 1 aliphatic rings. The number of nitrogens with zero attached hydrogens (tertiary/aromatic N) is 3. The number of rotatable bonds is 7. The van der Waals surface area contributed by atoms with Gasteiger partial charge in [0.1, 0.15) is 5.76 Å². The van der Waals surface area contributed by atoms with E-state index < -0.39 is 0 Å². The van der Waals surface area contributed by atoms with E-state index in [1.807, 2.05) is 37.9 Å². The molecule has 1 aromatic heterocycles. The summed E-state index contributed by atoms with van der Waals surface area (Å²) in [6.07, 6.45) is 2.00. The average molecular weight is 370 g/mol. The Labute approximate surface area is 161 Å². The predicted octanol–water partition coefficient (Wildman–Crippen LogP) is 2.58. The van der Waals surface area contributed by atoms with E-state index in [-0.39, 0.29) is 18.0 Å². The summed E-state index contributed by atoms with van der Waals surface area (Å²) in [6.45, 7) is 7.42. The van der Waals surface area contributed by atoms with Gasteiger partial charge >= 0.3 is 0 Å². The van der Waals surface area contributed by atoms with E-state index in [0.29, 0.717) is 6.54 Å². The number of aryl methyl sites for hydroxylation is 1. The lowest BCUT2D eigenvalue weighted by Crippen LogP contribution is -2.50. The second-order valence-electron chi connectivity index (χ2n) is 7.56. The number of carbonyl (C=O) groups is 1. The minimum absolute atomic E-state index is 0.0826. The molecule has 1 atom stereocenters. The van der Waals surface area contributed by atoms with Gasteiger partial charge in [-0.3, -0.25) is 14.6 Å². The van der Waals surface area contributed by atoms with Gasteiger partial charge in [0.25, 0.3) is 0 Å². The maximum atomic E-state index is 12.6. The summed E-state index contributed by atoms with van der Waals surface area (Å²) < 4.78 is 5.10. The van der Waals surface area contributed by atoms with Crippen molar-refractivity contribution in [3.63, 3.8) is 0 Å². The first kappa shape index (κ1) is 19.6. The molecule has 0 spiro atoms. The molecule has 0 radical (unpaired) electrons. The number of piperidine rings is 1. The van der Waals surface area contributed by atoms with Crippen LogP contribution in [0.1, 0.15) is 36.8 Å². The largest absolute Gasteiger partial charge is 0.361 e. The van der Waals surface area contributed by atoms with Crippen LogP contribution in [0, 0.1) is 6.92 Å². The van der Waals surface area contributed by atoms with Crippen LogP contribution in [-0.2, 0) is 17.9 Å². The Bertz CT molecular complexity index is 723. The highest BCUT2D eigenvalue weighted by Gasteiger charge is 2.25. The standard InChI is InChI=1S/C21H30N4O2/c1-16-13-20(23-27-16)15-24(3)17(2)21(26)22-19-9-11-25(12-10-19)14-18-7-5-4-6-8-18/h4-8,13,17,19H,9-12,14-15H2,1-3H3,(H,22,26). The van der Waals surface area contributed by atoms with E-state index in [1.54, 1.807) is 0 Å². The van der Waals surface area contributed by atoms with Gasteiger partial charge in [-0.15, -0.1) is 0 Å². The molecular weight excluding hydrogens is 340 g/mol. The van der Waals surface area contributed by atoms with Gasteiger partial charge in [-0.2, -0.15) is 0 Å². The summed E-state index contributed by atoms with van der Waals surface area (Å²) in [4.78, 5) is 17.1. The fourth-order valence-corrected chi connectivity index (χ4v) is 3.48. The van der Waals surface area contributed by atoms with Crippen LogP contribution in [0.4, 0.5) is 0 Å². The van der Waals surface area contributed by atoms with Gasteiger partial charge in [-0.25, -0.2) is 0 Å². The van der Waals surface area contributed by atoms with Crippen molar-refractivity contribution in [2.24, 2.45) is 0 Å². The molecular formula is C21H30N4O2. The molecule has 0 aliphatic carbocycles. The average Bonchev–Trinajstić information content (AvgIpc) is 3.08. The predicted molar refractivity (Wildman–Crippen MR) is 105 cm³/mol. The number of nitrogens with one attached hydrogen (secondary N) is 1. The van der Waals surface area contributed by atoms with Crippen LogP contribution < -0.4 is 5.32 Å². The van der Waals surface area contributed by atoms with E-state index >= 15 is 0 Å². The SMILES string of the molecule is Cc1cc(CN(C)C(C)C(=O)NC2CCN(Cc3ccccc3)CC2)no1. The lowest BCUT2D eigenvalue weighted by atomic mass is 10.0. The molecule has 1 aromatic carbocycles. The molecule has 2 aromatic rings. The second kappa shape index (κ2) is 9.15. The van der Waals surface area contributed by atoms with Crippen molar-refractivity contribution < 1.29 is 9.32 Å². The Morgan fingerprint density at radius 2 is 2.04 bits per heavy atom. The molecule has 27 heavy (non-hydrogen) atoms. The third-order valence-electron chi connectivity index (χ3n) is 5.31. The molecule has 3 rings (SSSR count). The molecule has 6 heteroatoms. The molecule has 1 saturated heterocycles. The molecule has 1 fully saturated rings. The number of likely N-dealkylation sites (tertiary alicyclic amines) is 1. The number of aromatic nitrogens is 1. The van der Waals surface area contributed by atoms with Gasteiger partial charge < -0.3 is 9.84 Å². The van der Waals surface area contributed by atoms with Crippen LogP contribution >= 0.6 is 0 Å². The Morgan fingerprint density at radius 3 is 2.67 bits per heavy atom. The first-order valence-electron chi connectivity index (χ1n) is 9.70. The zero-order valence-corrected chi connectivity index (χ0v) is 16.5. The van der Waals surface area contributed by atoms with Gasteiger partial charge in [0.05, 0.1) is 11.7 Å². The fraction of sp³-hybridized carbons (Fsp3) is 0.524. The lowest BCUT2D eigenvalue weighted by Gasteiger charge is -2.33. The van der Waals surface area contributed by atoms with Crippen molar-refractivity contribution in [3.8, 4) is 0 Å². The van der Waals surface area contributed by atoms with Crippen LogP contribution in [0.3, 0.4) is 0 Å². The van der Waals surface area contributed by atoms with E-state index in [2.05, 4.69) is 39.6 Å². The monoisotopic (exact) mass is 370 g/mol. The topological polar surface area (TPSA) is 61.6 Å². The van der Waals surface area contributed by atoms with E-state index in [0.717, 1.165) is 43.9 Å². The quantitative estimate of drug-likeness (QED) is 0.812. The van der Waals surface area contributed by atoms with Gasteiger partial charge in [0.15, 0.2) is 0 Å². The first-order valence-corrected chi connectivity index (χ1v) is 9.70. The summed E-state index contributed by atoms with van der Waals surface area (Å²) in [5.41, 5.74) is 2.20. The van der Waals surface area contributed by atoms with Gasteiger partial charge in [0, 0.05) is 38.3 Å². The zero-order chi connectivity index (χ0) is 19.2. The fourth-order valence-electron chi connectivity index (χ4n) is 3.48. The van der Waals surface area contributed by atoms with Gasteiger partial charge in [-0.05, 0) is 39.3 Å². The minimum atomic E-state index is -0.204. The second-order valence-corrected chi connectivity index (χ2v) is 7.56. The van der Waals surface area contributed by atoms with Gasteiger partial charge in [-0.1, -0.05) is 35.5 Å². The van der Waals surface area contributed by atoms with Crippen molar-refractivity contribution >= 4 is 5.91 Å². The highest BCUT2D eigenvalue weighted by molar-refractivity contribution is 5.81. The van der Waals surface area contributed by atoms with Crippen LogP contribution in [0.2, 0.25) is 0 Å². The molecule has 146 valence electrons. The molecule has 1 amide bonds. The number of benzene rings is 1. The summed E-state index contributed by atoms with van der Waals surface area (Å²) in [5.74, 6) is 0.872. The smallest absolute Gasteiger partial charge is 0.237 e. The van der Waals surface area contributed by atoms with E-state index in [4.69, 9.17) is 4.52 Å². The highest BCUT2D eigenvalue weighted by Crippen LogP contribution is 2.14. The molecule has 0 saturated carbocycles. The third kappa shape index (κ3) is 5.65. The Balaban J connectivity index is 1.41. The number of carbonyl (C=O) groups excluding carboxylic acids is 1. The van der Waals surface area contributed by atoms with Crippen LogP contribution in [0.5, 0.6) is 0 Å². The maximum Gasteiger partial charge on any atom is 0.237 e. The Morgan fingerprint density at radius 1 is 1.33 bits per heavy atom. The normalized spacial score (nSPS) is 17.2. The third-order valence-corrected chi connectivity index (χ3v) is 5.31. The molecule has 2 heterocycles. The molecule has 6 nitrogen and oxygen atoms in total. The van der Waals surface area contributed by atoms with Crippen molar-refractivity contribution in [2.75, 3.05) is 20.1 Å². The highest BCUT2D eigenvalue weighted by atomic mass is 16.5. The zero-order valence-electron chi connectivity index (χ0n) is 16.5. The summed E-state index contributed by atoms with van der Waals surface area (Å²) >= 11 is 0. The number of hydrogen-bond donors (Lipinski definition) is 1. The van der Waals surface area contributed by atoms with Crippen LogP contribution in [-0.4, -0.2) is 53.1 Å². The van der Waals surface area contributed by atoms with Crippen molar-refractivity contribution in [3.05, 3.63) is 53.4 Å². The van der Waals surface area contributed by atoms with Crippen LogP contribution in [0.25, 0.3) is 0 Å². The van der Waals surface area contributed by atoms with E-state index in [9.17, 15) is 4.79 Å². The number of amides is 1. The minimum Gasteiger partial charge on any atom is -0.361 e. The van der Waals surface area contributed by atoms with Crippen LogP contribution in [0.15, 0.2) is 40.9 Å².